The van der Waals surface area contributed by atoms with Crippen LogP contribution in [0.15, 0.2) is 0 Å². The van der Waals surface area contributed by atoms with Crippen LogP contribution < -0.4 is 10.6 Å². The zero-order chi connectivity index (χ0) is 17.6. The molecule has 2 atom stereocenters. The van der Waals surface area contributed by atoms with Crippen molar-refractivity contribution in [2.45, 2.75) is 31.1 Å². The van der Waals surface area contributed by atoms with Crippen molar-refractivity contribution >= 4 is 12.0 Å². The van der Waals surface area contributed by atoms with Crippen LogP contribution in [0.1, 0.15) is 12.8 Å². The minimum absolute atomic E-state index is 0.218. The molecule has 0 aromatic rings. The average Bonchev–Trinajstić information content (AvgIpc) is 3.15. The first kappa shape index (κ1) is 19.5. The van der Waals surface area contributed by atoms with Gasteiger partial charge in [0.25, 0.3) is 0 Å². The Bertz CT molecular complexity index is 396. The van der Waals surface area contributed by atoms with Gasteiger partial charge in [-0.05, 0) is 26.9 Å². The molecule has 0 bridgehead atoms. The van der Waals surface area contributed by atoms with E-state index in [1.165, 1.54) is 0 Å². The van der Waals surface area contributed by atoms with Crippen LogP contribution in [-0.4, -0.2) is 85.4 Å². The smallest absolute Gasteiger partial charge is 0.475 e. The lowest BCUT2D eigenvalue weighted by Crippen LogP contribution is -2.43. The fraction of sp³-hybridized carbons (Fsp3) is 0.846. The van der Waals surface area contributed by atoms with Crippen molar-refractivity contribution in [2.75, 3.05) is 40.3 Å². The standard InChI is InChI=1S/C11H22N4O.C2HF3O2/c1-12-9-3-5-14(7-9)11(16)15-6-4-10(8-15)13-2;3-2(4,5)1(6)7/h9-10,12-13H,3-8H2,1-2H3;(H,6,7). The van der Waals surface area contributed by atoms with Gasteiger partial charge in [0, 0.05) is 38.3 Å². The number of likely N-dealkylation sites (tertiary alicyclic amines) is 2. The molecular formula is C13H23F3N4O3. The summed E-state index contributed by atoms with van der Waals surface area (Å²) in [6, 6.07) is 1.17. The van der Waals surface area contributed by atoms with Crippen molar-refractivity contribution in [1.82, 2.24) is 20.4 Å². The Kier molecular flexibility index (Phi) is 7.07. The number of urea groups is 1. The summed E-state index contributed by atoms with van der Waals surface area (Å²) >= 11 is 0. The number of carboxylic acid groups (broad SMARTS) is 1. The number of alkyl halides is 3. The number of hydrogen-bond acceptors (Lipinski definition) is 4. The van der Waals surface area contributed by atoms with E-state index in [0.29, 0.717) is 12.1 Å². The molecular weight excluding hydrogens is 317 g/mol. The molecule has 0 aliphatic carbocycles. The van der Waals surface area contributed by atoms with Crippen molar-refractivity contribution in [1.29, 1.82) is 0 Å². The number of nitrogens with one attached hydrogen (secondary N) is 2. The van der Waals surface area contributed by atoms with Crippen LogP contribution in [0, 0.1) is 0 Å². The molecule has 134 valence electrons. The number of halogens is 3. The second-order valence-electron chi connectivity index (χ2n) is 5.53. The quantitative estimate of drug-likeness (QED) is 0.674. The molecule has 2 amide bonds. The molecule has 2 heterocycles. The average molecular weight is 340 g/mol. The van der Waals surface area contributed by atoms with Gasteiger partial charge in [-0.25, -0.2) is 9.59 Å². The Morgan fingerprint density at radius 3 is 1.57 bits per heavy atom. The van der Waals surface area contributed by atoms with Gasteiger partial charge in [0.15, 0.2) is 0 Å². The summed E-state index contributed by atoms with van der Waals surface area (Å²) in [6.07, 6.45) is -2.93. The Hall–Kier alpha value is -1.55. The third-order valence-corrected chi connectivity index (χ3v) is 3.98. The molecule has 2 saturated heterocycles. The molecule has 0 saturated carbocycles. The first-order valence-electron chi connectivity index (χ1n) is 7.37. The van der Waals surface area contributed by atoms with Crippen LogP contribution in [-0.2, 0) is 4.79 Å². The van der Waals surface area contributed by atoms with E-state index < -0.39 is 12.1 Å². The molecule has 2 aliphatic rings. The van der Waals surface area contributed by atoms with E-state index in [0.717, 1.165) is 39.0 Å². The molecule has 0 aromatic heterocycles. The second kappa shape index (κ2) is 8.34. The summed E-state index contributed by atoms with van der Waals surface area (Å²) in [5, 5.41) is 13.6. The first-order chi connectivity index (χ1) is 10.7. The molecule has 7 nitrogen and oxygen atoms in total. The van der Waals surface area contributed by atoms with E-state index >= 15 is 0 Å². The zero-order valence-electron chi connectivity index (χ0n) is 13.2. The van der Waals surface area contributed by atoms with Gasteiger partial charge in [0.05, 0.1) is 0 Å². The van der Waals surface area contributed by atoms with Gasteiger partial charge in [0.1, 0.15) is 0 Å². The Morgan fingerprint density at radius 2 is 1.35 bits per heavy atom. The van der Waals surface area contributed by atoms with Crippen molar-refractivity contribution in [3.8, 4) is 0 Å². The predicted molar refractivity (Wildman–Crippen MR) is 77.2 cm³/mol. The summed E-state index contributed by atoms with van der Waals surface area (Å²) in [7, 11) is 3.93. The minimum atomic E-state index is -5.08. The monoisotopic (exact) mass is 340 g/mol. The number of carbonyl (C=O) groups is 2. The van der Waals surface area contributed by atoms with E-state index in [9.17, 15) is 18.0 Å². The largest absolute Gasteiger partial charge is 0.490 e. The summed E-state index contributed by atoms with van der Waals surface area (Å²) < 4.78 is 31.7. The number of rotatable bonds is 2. The maximum Gasteiger partial charge on any atom is 0.490 e. The fourth-order valence-electron chi connectivity index (χ4n) is 2.54. The molecule has 2 rings (SSSR count). The fourth-order valence-corrected chi connectivity index (χ4v) is 2.54. The third-order valence-electron chi connectivity index (χ3n) is 3.98. The van der Waals surface area contributed by atoms with Crippen molar-refractivity contribution in [2.24, 2.45) is 0 Å². The molecule has 0 radical (unpaired) electrons. The van der Waals surface area contributed by atoms with Crippen LogP contribution in [0.25, 0.3) is 0 Å². The Labute approximate surface area is 132 Å². The predicted octanol–water partition coefficient (Wildman–Crippen LogP) is 0.327. The number of carboxylic acids is 1. The Morgan fingerprint density at radius 1 is 1.00 bits per heavy atom. The number of hydrogen-bond donors (Lipinski definition) is 3. The highest BCUT2D eigenvalue weighted by atomic mass is 19.4. The molecule has 2 unspecified atom stereocenters. The summed E-state index contributed by atoms with van der Waals surface area (Å²) in [6.45, 7) is 3.50. The van der Waals surface area contributed by atoms with Gasteiger partial charge in [-0.2, -0.15) is 13.2 Å². The van der Waals surface area contributed by atoms with Crippen LogP contribution in [0.2, 0.25) is 0 Å². The summed E-state index contributed by atoms with van der Waals surface area (Å²) in [5.41, 5.74) is 0. The number of amides is 2. The van der Waals surface area contributed by atoms with E-state index in [2.05, 4.69) is 10.6 Å². The maximum absolute atomic E-state index is 12.2. The van der Waals surface area contributed by atoms with Gasteiger partial charge in [-0.1, -0.05) is 0 Å². The highest BCUT2D eigenvalue weighted by Crippen LogP contribution is 2.16. The van der Waals surface area contributed by atoms with Gasteiger partial charge >= 0.3 is 18.2 Å². The molecule has 0 spiro atoms. The van der Waals surface area contributed by atoms with E-state index in [1.807, 2.05) is 23.9 Å². The van der Waals surface area contributed by atoms with Crippen molar-refractivity contribution in [3.63, 3.8) is 0 Å². The molecule has 0 aromatic carbocycles. The number of nitrogens with zero attached hydrogens (tertiary/aromatic N) is 2. The lowest BCUT2D eigenvalue weighted by molar-refractivity contribution is -0.192. The van der Waals surface area contributed by atoms with E-state index in [1.54, 1.807) is 0 Å². The van der Waals surface area contributed by atoms with Crippen LogP contribution in [0.3, 0.4) is 0 Å². The number of carbonyl (C=O) groups excluding carboxylic acids is 1. The van der Waals surface area contributed by atoms with E-state index in [-0.39, 0.29) is 6.03 Å². The SMILES string of the molecule is CNC1CCN(C(=O)N2CCC(NC)C2)C1.O=C(O)C(F)(F)F. The lowest BCUT2D eigenvalue weighted by atomic mass is 10.3. The maximum atomic E-state index is 12.2. The van der Waals surface area contributed by atoms with Crippen LogP contribution >= 0.6 is 0 Å². The minimum Gasteiger partial charge on any atom is -0.475 e. The van der Waals surface area contributed by atoms with Crippen molar-refractivity contribution in [3.05, 3.63) is 0 Å². The van der Waals surface area contributed by atoms with Crippen LogP contribution in [0.4, 0.5) is 18.0 Å². The van der Waals surface area contributed by atoms with Crippen LogP contribution in [0.5, 0.6) is 0 Å². The Balaban J connectivity index is 0.000000322. The molecule has 2 fully saturated rings. The number of likely N-dealkylation sites (N-methyl/N-ethyl adjacent to an activating group) is 2. The van der Waals surface area contributed by atoms with Gasteiger partial charge in [0.2, 0.25) is 0 Å². The second-order valence-corrected chi connectivity index (χ2v) is 5.53. The molecule has 3 N–H and O–H groups in total. The summed E-state index contributed by atoms with van der Waals surface area (Å²) in [5.74, 6) is -2.76. The highest BCUT2D eigenvalue weighted by Gasteiger charge is 2.38. The third kappa shape index (κ3) is 5.87. The zero-order valence-corrected chi connectivity index (χ0v) is 13.2. The first-order valence-corrected chi connectivity index (χ1v) is 7.37. The molecule has 10 heteroatoms. The molecule has 2 aliphatic heterocycles. The highest BCUT2D eigenvalue weighted by molar-refractivity contribution is 5.75. The summed E-state index contributed by atoms with van der Waals surface area (Å²) in [4.78, 5) is 25.0. The van der Waals surface area contributed by atoms with Gasteiger partial charge in [-0.15, -0.1) is 0 Å². The molecule has 23 heavy (non-hydrogen) atoms. The normalized spacial score (nSPS) is 24.4. The lowest BCUT2D eigenvalue weighted by Gasteiger charge is -2.24. The number of aliphatic carboxylic acids is 1. The van der Waals surface area contributed by atoms with E-state index in [4.69, 9.17) is 9.90 Å². The van der Waals surface area contributed by atoms with Crippen molar-refractivity contribution < 1.29 is 27.9 Å². The van der Waals surface area contributed by atoms with Gasteiger partial charge in [-0.3, -0.25) is 0 Å². The van der Waals surface area contributed by atoms with Gasteiger partial charge < -0.3 is 25.5 Å². The topological polar surface area (TPSA) is 84.9 Å².